The van der Waals surface area contributed by atoms with E-state index >= 15 is 0 Å². The van der Waals surface area contributed by atoms with Crippen LogP contribution in [0, 0.1) is 13.8 Å². The maximum absolute atomic E-state index is 13.9. The molecule has 1 atom stereocenters. The summed E-state index contributed by atoms with van der Waals surface area (Å²) in [5, 5.41) is 0.690. The van der Waals surface area contributed by atoms with E-state index < -0.39 is 15.6 Å². The van der Waals surface area contributed by atoms with Gasteiger partial charge < -0.3 is 0 Å². The van der Waals surface area contributed by atoms with Crippen LogP contribution in [0.25, 0.3) is 0 Å². The molecule has 3 aromatic carbocycles. The maximum atomic E-state index is 13.9. The maximum Gasteiger partial charge on any atom is 0.264 e. The van der Waals surface area contributed by atoms with Gasteiger partial charge in [-0.25, -0.2) is 8.42 Å². The molecule has 1 heterocycles. The number of aryl methyl sites for hydroxylation is 2. The molecule has 0 amide bonds. The number of anilines is 1. The second kappa shape index (κ2) is 7.39. The first kappa shape index (κ1) is 21.9. The van der Waals surface area contributed by atoms with E-state index in [-0.39, 0.29) is 5.41 Å². The van der Waals surface area contributed by atoms with Gasteiger partial charge in [-0.05, 0) is 75.6 Å². The van der Waals surface area contributed by atoms with Gasteiger partial charge in [-0.3, -0.25) is 4.31 Å². The molecule has 0 fully saturated rings. The van der Waals surface area contributed by atoms with Gasteiger partial charge >= 0.3 is 0 Å². The zero-order chi connectivity index (χ0) is 22.6. The van der Waals surface area contributed by atoms with Crippen LogP contribution in [0.5, 0.6) is 0 Å². The fourth-order valence-corrected chi connectivity index (χ4v) is 6.92. The second-order valence-corrected chi connectivity index (χ2v) is 11.7. The molecular weight excluding hydrogens is 426 g/mol. The fraction of sp³-hybridized carbons (Fsp3) is 0.308. The third-order valence-electron chi connectivity index (χ3n) is 6.34. The van der Waals surface area contributed by atoms with Gasteiger partial charge in [-0.2, -0.15) is 0 Å². The Morgan fingerprint density at radius 1 is 0.839 bits per heavy atom. The van der Waals surface area contributed by atoms with Crippen LogP contribution in [0.4, 0.5) is 5.69 Å². The molecule has 5 heteroatoms. The highest BCUT2D eigenvalue weighted by Crippen LogP contribution is 2.52. The van der Waals surface area contributed by atoms with E-state index in [1.807, 2.05) is 64.1 Å². The Kier molecular flexibility index (Phi) is 5.22. The Bertz CT molecular complexity index is 1230. The summed E-state index contributed by atoms with van der Waals surface area (Å²) in [6.07, 6.45) is 0.642. The summed E-state index contributed by atoms with van der Waals surface area (Å²) >= 11 is 6.15. The molecule has 0 bridgehead atoms. The normalized spacial score (nSPS) is 20.4. The molecule has 31 heavy (non-hydrogen) atoms. The van der Waals surface area contributed by atoms with Crippen molar-refractivity contribution in [2.24, 2.45) is 0 Å². The van der Waals surface area contributed by atoms with E-state index in [0.29, 0.717) is 16.3 Å². The van der Waals surface area contributed by atoms with E-state index in [2.05, 4.69) is 25.1 Å². The molecule has 3 aromatic rings. The summed E-state index contributed by atoms with van der Waals surface area (Å²) in [5.74, 6) is 0. The fourth-order valence-electron chi connectivity index (χ4n) is 4.97. The van der Waals surface area contributed by atoms with Gasteiger partial charge in [0.25, 0.3) is 10.0 Å². The van der Waals surface area contributed by atoms with Crippen molar-refractivity contribution in [1.82, 2.24) is 0 Å². The lowest BCUT2D eigenvalue weighted by molar-refractivity contribution is 0.351. The molecule has 0 aliphatic carbocycles. The quantitative estimate of drug-likeness (QED) is 0.445. The SMILES string of the molecule is Cc1ccc(S(=O)(=O)N2c3ccc(C)cc3C(C)(c3ccc(Cl)cc3)CC2(C)C)cc1. The zero-order valence-electron chi connectivity index (χ0n) is 18.6. The Hall–Kier alpha value is -2.30. The van der Waals surface area contributed by atoms with E-state index in [0.717, 1.165) is 27.9 Å². The van der Waals surface area contributed by atoms with Crippen molar-refractivity contribution in [3.63, 3.8) is 0 Å². The topological polar surface area (TPSA) is 37.4 Å². The zero-order valence-corrected chi connectivity index (χ0v) is 20.2. The molecule has 0 saturated carbocycles. The highest BCUT2D eigenvalue weighted by Gasteiger charge is 2.50. The summed E-state index contributed by atoms with van der Waals surface area (Å²) in [5.41, 5.74) is 4.03. The van der Waals surface area contributed by atoms with Gasteiger partial charge in [0.15, 0.2) is 0 Å². The molecule has 0 aromatic heterocycles. The average molecular weight is 454 g/mol. The van der Waals surface area contributed by atoms with Crippen molar-refractivity contribution in [3.8, 4) is 0 Å². The first-order valence-electron chi connectivity index (χ1n) is 10.4. The van der Waals surface area contributed by atoms with E-state index in [9.17, 15) is 8.42 Å². The van der Waals surface area contributed by atoms with Crippen LogP contribution in [0.2, 0.25) is 5.02 Å². The minimum absolute atomic E-state index is 0.313. The highest BCUT2D eigenvalue weighted by molar-refractivity contribution is 7.93. The molecule has 162 valence electrons. The summed E-state index contributed by atoms with van der Waals surface area (Å²) in [6, 6.07) is 21.0. The molecule has 0 saturated heterocycles. The van der Waals surface area contributed by atoms with Gasteiger partial charge in [0.1, 0.15) is 0 Å². The number of hydrogen-bond donors (Lipinski definition) is 0. The second-order valence-electron chi connectivity index (χ2n) is 9.43. The Morgan fingerprint density at radius 2 is 1.42 bits per heavy atom. The lowest BCUT2D eigenvalue weighted by atomic mass is 9.66. The van der Waals surface area contributed by atoms with Gasteiger partial charge in [0.05, 0.1) is 16.1 Å². The third kappa shape index (κ3) is 3.66. The predicted molar refractivity (Wildman–Crippen MR) is 129 cm³/mol. The Morgan fingerprint density at radius 3 is 2.03 bits per heavy atom. The number of hydrogen-bond acceptors (Lipinski definition) is 2. The van der Waals surface area contributed by atoms with Crippen LogP contribution in [0.15, 0.2) is 71.6 Å². The van der Waals surface area contributed by atoms with Gasteiger partial charge in [0.2, 0.25) is 0 Å². The lowest BCUT2D eigenvalue weighted by Gasteiger charge is -2.51. The predicted octanol–water partition coefficient (Wildman–Crippen LogP) is 6.64. The average Bonchev–Trinajstić information content (AvgIpc) is 2.68. The van der Waals surface area contributed by atoms with Crippen LogP contribution in [-0.4, -0.2) is 14.0 Å². The number of sulfonamides is 1. The summed E-state index contributed by atoms with van der Waals surface area (Å²) in [6.45, 7) is 10.2. The van der Waals surface area contributed by atoms with Gasteiger partial charge in [-0.1, -0.05) is 66.0 Å². The van der Waals surface area contributed by atoms with Crippen LogP contribution in [0.1, 0.15) is 49.4 Å². The number of benzene rings is 3. The molecule has 0 radical (unpaired) electrons. The minimum Gasteiger partial charge on any atom is -0.260 e. The van der Waals surface area contributed by atoms with Crippen LogP contribution in [-0.2, 0) is 15.4 Å². The van der Waals surface area contributed by atoms with Crippen molar-refractivity contribution >= 4 is 27.3 Å². The number of nitrogens with zero attached hydrogens (tertiary/aromatic N) is 1. The molecule has 4 rings (SSSR count). The van der Waals surface area contributed by atoms with E-state index in [1.54, 1.807) is 16.4 Å². The molecule has 3 nitrogen and oxygen atoms in total. The number of rotatable bonds is 3. The van der Waals surface area contributed by atoms with Crippen molar-refractivity contribution in [1.29, 1.82) is 0 Å². The number of halogens is 1. The first-order chi connectivity index (χ1) is 14.4. The lowest BCUT2D eigenvalue weighted by Crippen LogP contribution is -2.55. The molecule has 0 spiro atoms. The van der Waals surface area contributed by atoms with Crippen molar-refractivity contribution in [3.05, 3.63) is 94.0 Å². The standard InChI is InChI=1S/C26H28ClNO2S/c1-18-6-13-22(14-7-18)31(29,30)28-24-15-8-19(2)16-23(24)26(5,17-25(28,3)4)20-9-11-21(27)12-10-20/h6-16H,17H2,1-5H3. The van der Waals surface area contributed by atoms with Crippen LogP contribution >= 0.6 is 11.6 Å². The summed E-state index contributed by atoms with van der Waals surface area (Å²) < 4.78 is 29.3. The molecule has 1 unspecified atom stereocenters. The van der Waals surface area contributed by atoms with Crippen LogP contribution in [0.3, 0.4) is 0 Å². The molecular formula is C26H28ClNO2S. The van der Waals surface area contributed by atoms with Crippen molar-refractivity contribution < 1.29 is 8.42 Å². The molecule has 0 N–H and O–H groups in total. The minimum atomic E-state index is -3.74. The van der Waals surface area contributed by atoms with Crippen molar-refractivity contribution in [2.75, 3.05) is 4.31 Å². The van der Waals surface area contributed by atoms with Crippen molar-refractivity contribution in [2.45, 2.75) is 56.9 Å². The highest BCUT2D eigenvalue weighted by atomic mass is 35.5. The number of fused-ring (bicyclic) bond motifs is 1. The molecule has 1 aliphatic rings. The largest absolute Gasteiger partial charge is 0.264 e. The van der Waals surface area contributed by atoms with Gasteiger partial charge in [0, 0.05) is 10.4 Å². The first-order valence-corrected chi connectivity index (χ1v) is 12.3. The summed E-state index contributed by atoms with van der Waals surface area (Å²) in [4.78, 5) is 0.313. The third-order valence-corrected chi connectivity index (χ3v) is 8.63. The monoisotopic (exact) mass is 453 g/mol. The smallest absolute Gasteiger partial charge is 0.260 e. The summed E-state index contributed by atoms with van der Waals surface area (Å²) in [7, 11) is -3.74. The molecule has 1 aliphatic heterocycles. The Labute approximate surface area is 190 Å². The van der Waals surface area contributed by atoms with E-state index in [1.165, 1.54) is 0 Å². The van der Waals surface area contributed by atoms with Crippen LogP contribution < -0.4 is 4.31 Å². The van der Waals surface area contributed by atoms with E-state index in [4.69, 9.17) is 11.6 Å². The Balaban J connectivity index is 1.96. The van der Waals surface area contributed by atoms with Gasteiger partial charge in [-0.15, -0.1) is 0 Å².